The summed E-state index contributed by atoms with van der Waals surface area (Å²) in [5.41, 5.74) is 0.954. The lowest BCUT2D eigenvalue weighted by Crippen LogP contribution is -2.30. The predicted octanol–water partition coefficient (Wildman–Crippen LogP) is 3.14. The molecule has 1 heterocycles. The Balaban J connectivity index is 1.90. The van der Waals surface area contributed by atoms with Crippen LogP contribution in [0.4, 0.5) is 0 Å². The summed E-state index contributed by atoms with van der Waals surface area (Å²) in [6, 6.07) is 14.0. The summed E-state index contributed by atoms with van der Waals surface area (Å²) in [4.78, 5) is 0.282. The molecule has 0 N–H and O–H groups in total. The second-order valence-electron chi connectivity index (χ2n) is 5.29. The number of benzene rings is 2. The molecule has 1 aliphatic heterocycles. The fraction of sp³-hybridized carbons (Fsp3) is 0.294. The van der Waals surface area contributed by atoms with Crippen molar-refractivity contribution in [2.45, 2.75) is 10.3 Å². The van der Waals surface area contributed by atoms with Crippen LogP contribution in [0.15, 0.2) is 53.4 Å². The van der Waals surface area contributed by atoms with Gasteiger partial charge in [0.2, 0.25) is 10.0 Å². The largest absolute Gasteiger partial charge is 0.497 e. The van der Waals surface area contributed by atoms with Gasteiger partial charge in [-0.1, -0.05) is 12.1 Å². The standard InChI is InChI=1S/C17H19NO4S2/c1-21-14-5-3-13(4-6-14)17-18(11-12-23-17)24(19,20)16-9-7-15(22-2)8-10-16/h3-10,17H,11-12H2,1-2H3. The maximum absolute atomic E-state index is 13.0. The molecule has 0 radical (unpaired) electrons. The molecule has 0 saturated carbocycles. The van der Waals surface area contributed by atoms with Gasteiger partial charge in [0.05, 0.1) is 24.5 Å². The van der Waals surface area contributed by atoms with Crippen LogP contribution in [0, 0.1) is 0 Å². The van der Waals surface area contributed by atoms with E-state index in [0.717, 1.165) is 17.1 Å². The van der Waals surface area contributed by atoms with Gasteiger partial charge < -0.3 is 9.47 Å². The van der Waals surface area contributed by atoms with Gasteiger partial charge in [0, 0.05) is 12.3 Å². The van der Waals surface area contributed by atoms with Crippen LogP contribution in [0.1, 0.15) is 10.9 Å². The van der Waals surface area contributed by atoms with Crippen LogP contribution < -0.4 is 9.47 Å². The average Bonchev–Trinajstić information content (AvgIpc) is 3.12. The third kappa shape index (κ3) is 3.24. The molecular formula is C17H19NO4S2. The lowest BCUT2D eigenvalue weighted by Gasteiger charge is -2.23. The highest BCUT2D eigenvalue weighted by atomic mass is 32.2. The normalized spacial score (nSPS) is 18.5. The van der Waals surface area contributed by atoms with Crippen LogP contribution in [0.2, 0.25) is 0 Å². The van der Waals surface area contributed by atoms with Crippen molar-refractivity contribution in [3.05, 3.63) is 54.1 Å². The Hall–Kier alpha value is -1.70. The Kier molecular flexibility index (Phi) is 5.03. The van der Waals surface area contributed by atoms with E-state index in [0.29, 0.717) is 12.3 Å². The lowest BCUT2D eigenvalue weighted by molar-refractivity contribution is 0.412. The van der Waals surface area contributed by atoms with E-state index in [1.165, 1.54) is 0 Å². The average molecular weight is 365 g/mol. The summed E-state index contributed by atoms with van der Waals surface area (Å²) in [5, 5.41) is -0.219. The minimum Gasteiger partial charge on any atom is -0.497 e. The molecule has 0 aromatic heterocycles. The molecule has 0 bridgehead atoms. The van der Waals surface area contributed by atoms with Crippen LogP contribution in [0.25, 0.3) is 0 Å². The molecular weight excluding hydrogens is 346 g/mol. The van der Waals surface area contributed by atoms with E-state index in [-0.39, 0.29) is 10.3 Å². The third-order valence-electron chi connectivity index (χ3n) is 3.92. The molecule has 1 aliphatic rings. The van der Waals surface area contributed by atoms with Gasteiger partial charge in [-0.25, -0.2) is 8.42 Å². The monoisotopic (exact) mass is 365 g/mol. The van der Waals surface area contributed by atoms with Gasteiger partial charge in [0.15, 0.2) is 0 Å². The Morgan fingerprint density at radius 3 is 2.04 bits per heavy atom. The first kappa shape index (κ1) is 17.1. The van der Waals surface area contributed by atoms with Gasteiger partial charge in [0.1, 0.15) is 11.5 Å². The first-order chi connectivity index (χ1) is 11.6. The van der Waals surface area contributed by atoms with Crippen molar-refractivity contribution in [1.82, 2.24) is 4.31 Å². The molecule has 2 aromatic rings. The lowest BCUT2D eigenvalue weighted by atomic mass is 10.2. The molecule has 1 saturated heterocycles. The van der Waals surface area contributed by atoms with Gasteiger partial charge >= 0.3 is 0 Å². The van der Waals surface area contributed by atoms with Crippen molar-refractivity contribution < 1.29 is 17.9 Å². The van der Waals surface area contributed by atoms with Crippen LogP contribution >= 0.6 is 11.8 Å². The topological polar surface area (TPSA) is 55.8 Å². The molecule has 1 unspecified atom stereocenters. The molecule has 128 valence electrons. The van der Waals surface area contributed by atoms with E-state index in [9.17, 15) is 8.42 Å². The molecule has 0 aliphatic carbocycles. The molecule has 2 aromatic carbocycles. The van der Waals surface area contributed by atoms with E-state index < -0.39 is 10.0 Å². The van der Waals surface area contributed by atoms with E-state index in [1.54, 1.807) is 54.6 Å². The molecule has 5 nitrogen and oxygen atoms in total. The number of sulfonamides is 1. The smallest absolute Gasteiger partial charge is 0.244 e. The molecule has 1 fully saturated rings. The Bertz CT molecular complexity index is 788. The fourth-order valence-corrected chi connectivity index (χ4v) is 5.86. The quantitative estimate of drug-likeness (QED) is 0.815. The zero-order valence-corrected chi connectivity index (χ0v) is 15.1. The number of thioether (sulfide) groups is 1. The summed E-state index contributed by atoms with van der Waals surface area (Å²) < 4.78 is 37.8. The minimum absolute atomic E-state index is 0.219. The van der Waals surface area contributed by atoms with Crippen molar-refractivity contribution in [1.29, 1.82) is 0 Å². The van der Waals surface area contributed by atoms with Gasteiger partial charge in [-0.2, -0.15) is 4.31 Å². The minimum atomic E-state index is -3.55. The van der Waals surface area contributed by atoms with Crippen LogP contribution in [0.3, 0.4) is 0 Å². The fourth-order valence-electron chi connectivity index (χ4n) is 2.62. The number of hydrogen-bond acceptors (Lipinski definition) is 5. The zero-order chi connectivity index (χ0) is 17.2. The van der Waals surface area contributed by atoms with E-state index in [1.807, 2.05) is 24.3 Å². The number of methoxy groups -OCH3 is 2. The van der Waals surface area contributed by atoms with Crippen molar-refractivity contribution >= 4 is 21.8 Å². The number of nitrogens with zero attached hydrogens (tertiary/aromatic N) is 1. The van der Waals surface area contributed by atoms with Crippen molar-refractivity contribution in [3.63, 3.8) is 0 Å². The first-order valence-electron chi connectivity index (χ1n) is 7.47. The highest BCUT2D eigenvalue weighted by Crippen LogP contribution is 2.41. The zero-order valence-electron chi connectivity index (χ0n) is 13.5. The van der Waals surface area contributed by atoms with Crippen molar-refractivity contribution in [2.75, 3.05) is 26.5 Å². The van der Waals surface area contributed by atoms with Crippen molar-refractivity contribution in [3.8, 4) is 11.5 Å². The maximum atomic E-state index is 13.0. The van der Waals surface area contributed by atoms with Crippen LogP contribution in [0.5, 0.6) is 11.5 Å². The summed E-state index contributed by atoms with van der Waals surface area (Å²) in [6.07, 6.45) is 0. The molecule has 24 heavy (non-hydrogen) atoms. The SMILES string of the molecule is COc1ccc(C2SCCN2S(=O)(=O)c2ccc(OC)cc2)cc1. The Morgan fingerprint density at radius 2 is 1.50 bits per heavy atom. The molecule has 3 rings (SSSR count). The summed E-state index contributed by atoms with van der Waals surface area (Å²) in [5.74, 6) is 2.16. The van der Waals surface area contributed by atoms with E-state index >= 15 is 0 Å². The second-order valence-corrected chi connectivity index (χ2v) is 8.37. The Labute approximate surface area is 146 Å². The van der Waals surface area contributed by atoms with Crippen LogP contribution in [-0.4, -0.2) is 39.2 Å². The second kappa shape index (κ2) is 7.04. The highest BCUT2D eigenvalue weighted by Gasteiger charge is 2.36. The number of hydrogen-bond donors (Lipinski definition) is 0. The van der Waals surface area contributed by atoms with Gasteiger partial charge in [-0.15, -0.1) is 11.8 Å². The highest BCUT2D eigenvalue weighted by molar-refractivity contribution is 8.01. The predicted molar refractivity (Wildman–Crippen MR) is 95.1 cm³/mol. The molecule has 0 spiro atoms. The van der Waals surface area contributed by atoms with E-state index in [2.05, 4.69) is 0 Å². The molecule has 0 amide bonds. The molecule has 1 atom stereocenters. The summed E-state index contributed by atoms with van der Waals surface area (Å²) in [6.45, 7) is 0.496. The molecule has 7 heteroatoms. The van der Waals surface area contributed by atoms with Gasteiger partial charge in [-0.3, -0.25) is 0 Å². The van der Waals surface area contributed by atoms with Gasteiger partial charge in [0.25, 0.3) is 0 Å². The van der Waals surface area contributed by atoms with Crippen LogP contribution in [-0.2, 0) is 10.0 Å². The number of ether oxygens (including phenoxy) is 2. The van der Waals surface area contributed by atoms with Crippen molar-refractivity contribution in [2.24, 2.45) is 0 Å². The summed E-state index contributed by atoms with van der Waals surface area (Å²) in [7, 11) is -0.384. The maximum Gasteiger partial charge on any atom is 0.244 e. The number of rotatable bonds is 5. The third-order valence-corrected chi connectivity index (χ3v) is 7.19. The first-order valence-corrected chi connectivity index (χ1v) is 9.96. The Morgan fingerprint density at radius 1 is 0.958 bits per heavy atom. The summed E-state index contributed by atoms with van der Waals surface area (Å²) >= 11 is 1.63. The van der Waals surface area contributed by atoms with E-state index in [4.69, 9.17) is 9.47 Å². The van der Waals surface area contributed by atoms with Gasteiger partial charge in [-0.05, 0) is 42.0 Å².